The summed E-state index contributed by atoms with van der Waals surface area (Å²) >= 11 is 0. The van der Waals surface area contributed by atoms with Crippen molar-refractivity contribution in [1.29, 1.82) is 0 Å². The molecule has 0 aromatic heterocycles. The van der Waals surface area contributed by atoms with Crippen LogP contribution in [0.3, 0.4) is 0 Å². The first-order valence-corrected chi connectivity index (χ1v) is 11.3. The van der Waals surface area contributed by atoms with E-state index in [-0.39, 0.29) is 24.0 Å². The molecular formula is C20H34IN3O3S. The fourth-order valence-corrected chi connectivity index (χ4v) is 3.92. The van der Waals surface area contributed by atoms with E-state index in [9.17, 15) is 4.21 Å². The van der Waals surface area contributed by atoms with Crippen LogP contribution >= 0.6 is 24.0 Å². The summed E-state index contributed by atoms with van der Waals surface area (Å²) < 4.78 is 23.2. The first kappa shape index (κ1) is 25.3. The Labute approximate surface area is 188 Å². The lowest BCUT2D eigenvalue weighted by Gasteiger charge is -2.21. The third-order valence-electron chi connectivity index (χ3n) is 4.47. The van der Waals surface area contributed by atoms with Gasteiger partial charge in [-0.3, -0.25) is 9.20 Å². The number of ether oxygens (including phenoxy) is 2. The van der Waals surface area contributed by atoms with E-state index in [2.05, 4.69) is 15.6 Å². The van der Waals surface area contributed by atoms with Crippen molar-refractivity contribution in [1.82, 2.24) is 10.6 Å². The Kier molecular flexibility index (Phi) is 14.6. The second kappa shape index (κ2) is 16.1. The van der Waals surface area contributed by atoms with Gasteiger partial charge in [0, 0.05) is 68.9 Å². The van der Waals surface area contributed by atoms with Crippen molar-refractivity contribution >= 4 is 40.7 Å². The maximum Gasteiger partial charge on any atom is 0.191 e. The summed E-state index contributed by atoms with van der Waals surface area (Å²) in [5.41, 5.74) is 1.11. The molecule has 2 N–H and O–H groups in total. The summed E-state index contributed by atoms with van der Waals surface area (Å²) in [5.74, 6) is 2.59. The van der Waals surface area contributed by atoms with Crippen molar-refractivity contribution in [2.24, 2.45) is 10.9 Å². The van der Waals surface area contributed by atoms with Gasteiger partial charge >= 0.3 is 0 Å². The molecule has 6 nitrogen and oxygen atoms in total. The molecule has 2 rings (SSSR count). The molecular weight excluding hydrogens is 489 g/mol. The number of benzene rings is 1. The highest BCUT2D eigenvalue weighted by Gasteiger charge is 2.13. The van der Waals surface area contributed by atoms with Gasteiger partial charge < -0.3 is 20.1 Å². The molecule has 0 radical (unpaired) electrons. The van der Waals surface area contributed by atoms with Crippen molar-refractivity contribution < 1.29 is 13.7 Å². The molecule has 1 unspecified atom stereocenters. The summed E-state index contributed by atoms with van der Waals surface area (Å²) in [5, 5.41) is 6.49. The van der Waals surface area contributed by atoms with Gasteiger partial charge in [0.25, 0.3) is 0 Å². The first-order chi connectivity index (χ1) is 13.3. The Morgan fingerprint density at radius 2 is 1.93 bits per heavy atom. The summed E-state index contributed by atoms with van der Waals surface area (Å²) in [4.78, 5) is 4.20. The van der Waals surface area contributed by atoms with E-state index < -0.39 is 10.8 Å². The Bertz CT molecular complexity index is 569. The monoisotopic (exact) mass is 523 g/mol. The third kappa shape index (κ3) is 11.3. The van der Waals surface area contributed by atoms with E-state index in [4.69, 9.17) is 9.47 Å². The van der Waals surface area contributed by atoms with Crippen LogP contribution in [0.2, 0.25) is 0 Å². The van der Waals surface area contributed by atoms with Gasteiger partial charge in [-0.05, 0) is 30.7 Å². The summed E-state index contributed by atoms with van der Waals surface area (Å²) in [6.07, 6.45) is 3.16. The van der Waals surface area contributed by atoms with Crippen molar-refractivity contribution in [3.05, 3.63) is 35.9 Å². The summed E-state index contributed by atoms with van der Waals surface area (Å²) in [6, 6.07) is 9.94. The lowest BCUT2D eigenvalue weighted by atomic mass is 10.0. The SMILES string of the molecule is CN=C(NCCCOCC1CCOCC1)NCCS(=O)Cc1ccccc1.I. The van der Waals surface area contributed by atoms with Crippen LogP contribution < -0.4 is 10.6 Å². The lowest BCUT2D eigenvalue weighted by Crippen LogP contribution is -2.39. The average molecular weight is 523 g/mol. The van der Waals surface area contributed by atoms with Crippen LogP contribution in [0.15, 0.2) is 35.3 Å². The molecule has 0 bridgehead atoms. The van der Waals surface area contributed by atoms with Crippen LogP contribution in [0.5, 0.6) is 0 Å². The number of aliphatic imine (C=N–C) groups is 1. The predicted molar refractivity (Wildman–Crippen MR) is 127 cm³/mol. The maximum absolute atomic E-state index is 12.1. The average Bonchev–Trinajstić information content (AvgIpc) is 2.70. The number of halogens is 1. The number of hydrogen-bond acceptors (Lipinski definition) is 4. The molecule has 0 amide bonds. The molecule has 1 heterocycles. The topological polar surface area (TPSA) is 72.0 Å². The van der Waals surface area contributed by atoms with E-state index in [0.29, 0.717) is 24.0 Å². The minimum Gasteiger partial charge on any atom is -0.381 e. The zero-order valence-corrected chi connectivity index (χ0v) is 19.9. The fourth-order valence-electron chi connectivity index (χ4n) is 2.88. The van der Waals surface area contributed by atoms with E-state index in [1.54, 1.807) is 7.05 Å². The van der Waals surface area contributed by atoms with Crippen LogP contribution in [-0.2, 0) is 26.0 Å². The zero-order chi connectivity index (χ0) is 19.2. The molecule has 0 spiro atoms. The van der Waals surface area contributed by atoms with Gasteiger partial charge in [0.2, 0.25) is 0 Å². The number of nitrogens with one attached hydrogen (secondary N) is 2. The van der Waals surface area contributed by atoms with Crippen LogP contribution in [0, 0.1) is 5.92 Å². The quantitative estimate of drug-likeness (QED) is 0.202. The van der Waals surface area contributed by atoms with E-state index >= 15 is 0 Å². The molecule has 0 aliphatic carbocycles. The number of hydrogen-bond donors (Lipinski definition) is 2. The largest absolute Gasteiger partial charge is 0.381 e. The van der Waals surface area contributed by atoms with Crippen LogP contribution in [0.1, 0.15) is 24.8 Å². The second-order valence-corrected chi connectivity index (χ2v) is 8.26. The van der Waals surface area contributed by atoms with Gasteiger partial charge in [-0.25, -0.2) is 0 Å². The molecule has 1 aromatic carbocycles. The Morgan fingerprint density at radius 1 is 1.21 bits per heavy atom. The maximum atomic E-state index is 12.1. The van der Waals surface area contributed by atoms with Gasteiger partial charge in [-0.1, -0.05) is 30.3 Å². The van der Waals surface area contributed by atoms with Gasteiger partial charge in [0.1, 0.15) is 0 Å². The molecule has 1 aliphatic heterocycles. The molecule has 0 saturated carbocycles. The molecule has 8 heteroatoms. The minimum absolute atomic E-state index is 0. The van der Waals surface area contributed by atoms with E-state index in [0.717, 1.165) is 63.8 Å². The van der Waals surface area contributed by atoms with Gasteiger partial charge in [0.05, 0.1) is 0 Å². The smallest absolute Gasteiger partial charge is 0.191 e. The van der Waals surface area contributed by atoms with Gasteiger partial charge in [-0.15, -0.1) is 24.0 Å². The summed E-state index contributed by atoms with van der Waals surface area (Å²) in [6.45, 7) is 4.77. The third-order valence-corrected chi connectivity index (χ3v) is 5.78. The molecule has 160 valence electrons. The normalized spacial score (nSPS) is 16.2. The Balaban J connectivity index is 0.00000392. The summed E-state index contributed by atoms with van der Waals surface area (Å²) in [7, 11) is 0.872. The number of nitrogens with zero attached hydrogens (tertiary/aromatic N) is 1. The number of rotatable bonds is 11. The molecule has 1 aliphatic rings. The van der Waals surface area contributed by atoms with Crippen molar-refractivity contribution in [3.63, 3.8) is 0 Å². The molecule has 28 heavy (non-hydrogen) atoms. The Hall–Kier alpha value is -0.710. The Morgan fingerprint density at radius 3 is 2.64 bits per heavy atom. The highest BCUT2D eigenvalue weighted by Crippen LogP contribution is 2.14. The van der Waals surface area contributed by atoms with Crippen molar-refractivity contribution in [2.75, 3.05) is 52.3 Å². The van der Waals surface area contributed by atoms with Crippen LogP contribution in [0.4, 0.5) is 0 Å². The minimum atomic E-state index is -0.876. The van der Waals surface area contributed by atoms with Crippen LogP contribution in [-0.4, -0.2) is 62.5 Å². The van der Waals surface area contributed by atoms with E-state index in [1.165, 1.54) is 0 Å². The van der Waals surface area contributed by atoms with Crippen LogP contribution in [0.25, 0.3) is 0 Å². The van der Waals surface area contributed by atoms with Crippen molar-refractivity contribution in [3.8, 4) is 0 Å². The number of guanidine groups is 1. The molecule has 1 fully saturated rings. The van der Waals surface area contributed by atoms with Gasteiger partial charge in [0.15, 0.2) is 5.96 Å². The first-order valence-electron chi connectivity index (χ1n) is 9.77. The standard InChI is InChI=1S/C20H33N3O3S.HI/c1-21-20(22-10-5-12-26-16-18-8-13-25-14-9-18)23-11-15-27(24)17-19-6-3-2-4-7-19;/h2-4,6-7,18H,5,8-17H2,1H3,(H2,21,22,23);1H. The lowest BCUT2D eigenvalue weighted by molar-refractivity contribution is 0.0203. The zero-order valence-electron chi connectivity index (χ0n) is 16.7. The second-order valence-electron chi connectivity index (χ2n) is 6.68. The highest BCUT2D eigenvalue weighted by molar-refractivity contribution is 14.0. The molecule has 1 atom stereocenters. The van der Waals surface area contributed by atoms with Gasteiger partial charge in [-0.2, -0.15) is 0 Å². The fraction of sp³-hybridized carbons (Fsp3) is 0.650. The predicted octanol–water partition coefficient (Wildman–Crippen LogP) is 2.55. The highest BCUT2D eigenvalue weighted by atomic mass is 127. The molecule has 1 aromatic rings. The van der Waals surface area contributed by atoms with E-state index in [1.807, 2.05) is 30.3 Å². The molecule has 1 saturated heterocycles. The van der Waals surface area contributed by atoms with Crippen molar-refractivity contribution in [2.45, 2.75) is 25.0 Å².